The number of amides is 4. The third kappa shape index (κ3) is 8.69. The lowest BCUT2D eigenvalue weighted by molar-refractivity contribution is -0.135. The van der Waals surface area contributed by atoms with Gasteiger partial charge in [-0.2, -0.15) is 4.98 Å². The van der Waals surface area contributed by atoms with E-state index in [9.17, 15) is 27.6 Å². The number of hydrogen-bond donors (Lipinski definition) is 3. The number of sulfone groups is 1. The van der Waals surface area contributed by atoms with Gasteiger partial charge in [0.2, 0.25) is 29.6 Å². The highest BCUT2D eigenvalue weighted by Gasteiger charge is 2.43. The highest BCUT2D eigenvalue weighted by Crippen LogP contribution is 2.41. The average molecular weight is 832 g/mol. The second kappa shape index (κ2) is 17.1. The number of hydrogen-bond acceptors (Lipinski definition) is 11. The number of piperidine rings is 1. The fourth-order valence-corrected chi connectivity index (χ4v) is 8.87. The number of nitrogens with zero attached hydrogens (tertiary/aromatic N) is 6. The summed E-state index contributed by atoms with van der Waals surface area (Å²) in [5, 5.41) is 13.8. The molecule has 0 saturated carbocycles. The van der Waals surface area contributed by atoms with Crippen LogP contribution < -0.4 is 25.8 Å². The van der Waals surface area contributed by atoms with Crippen LogP contribution in [0.3, 0.4) is 0 Å². The molecule has 312 valence electrons. The second-order valence-corrected chi connectivity index (χ2v) is 17.7. The number of nitrogens with one attached hydrogen (secondary N) is 3. The van der Waals surface area contributed by atoms with Crippen LogP contribution in [0.2, 0.25) is 0 Å². The van der Waals surface area contributed by atoms with E-state index in [2.05, 4.69) is 43.1 Å². The van der Waals surface area contributed by atoms with E-state index in [1.165, 1.54) is 6.26 Å². The lowest BCUT2D eigenvalue weighted by atomic mass is 10.0. The molecule has 0 radical (unpaired) electrons. The number of rotatable bonds is 14. The fraction of sp³-hybridized carbons (Fsp3) is 0.364. The topological polar surface area (TPSA) is 178 Å². The Bertz CT molecular complexity index is 2530. The number of pyridine rings is 1. The summed E-state index contributed by atoms with van der Waals surface area (Å²) in [5.41, 5.74) is 6.74. The van der Waals surface area contributed by atoms with Crippen molar-refractivity contribution in [3.05, 3.63) is 90.5 Å². The summed E-state index contributed by atoms with van der Waals surface area (Å²) < 4.78 is 25.5. The Hall–Kier alpha value is -6.29. The van der Waals surface area contributed by atoms with Gasteiger partial charge in [0.05, 0.1) is 16.5 Å². The lowest BCUT2D eigenvalue weighted by Gasteiger charge is -2.36. The summed E-state index contributed by atoms with van der Waals surface area (Å²) in [6.07, 6.45) is 6.05. The van der Waals surface area contributed by atoms with Crippen LogP contribution >= 0.6 is 0 Å². The molecule has 4 amide bonds. The Labute approximate surface area is 349 Å². The number of carbonyl (C=O) groups excluding carboxylic acids is 4. The number of piperazine rings is 1. The minimum absolute atomic E-state index is 0.122. The molecule has 8 rings (SSSR count). The van der Waals surface area contributed by atoms with Crippen molar-refractivity contribution in [1.82, 2.24) is 24.8 Å². The van der Waals surface area contributed by atoms with Gasteiger partial charge in [-0.1, -0.05) is 31.0 Å². The van der Waals surface area contributed by atoms with Crippen molar-refractivity contribution in [2.75, 3.05) is 59.4 Å². The molecule has 3 aliphatic rings. The zero-order valence-corrected chi connectivity index (χ0v) is 34.6. The van der Waals surface area contributed by atoms with E-state index in [1.807, 2.05) is 60.4 Å². The summed E-state index contributed by atoms with van der Waals surface area (Å²) in [5.74, 6) is -0.560. The number of imide groups is 1. The van der Waals surface area contributed by atoms with Gasteiger partial charge < -0.3 is 20.4 Å². The largest absolute Gasteiger partial charge is 0.385 e. The van der Waals surface area contributed by atoms with Crippen LogP contribution in [0.5, 0.6) is 0 Å². The van der Waals surface area contributed by atoms with Crippen molar-refractivity contribution in [2.45, 2.75) is 68.7 Å². The number of unbranched alkanes of at least 4 members (excludes halogenated alkanes) is 3. The SMILES string of the molecule is C[C@H]1C(=O)N(C2CCC(=O)NC2=O)c2ccc(NCCCCCCC(=O)N3CCN(c4ccc(Nc5nc6cccc(-c7ccc(S(C)(=O)=O)cc7)n6n5)cc4)CC3)cc21. The molecule has 2 fully saturated rings. The van der Waals surface area contributed by atoms with Crippen LogP contribution in [0, 0.1) is 0 Å². The number of fused-ring (bicyclic) bond motifs is 2. The van der Waals surface area contributed by atoms with Gasteiger partial charge >= 0.3 is 0 Å². The Morgan fingerprint density at radius 3 is 2.33 bits per heavy atom. The van der Waals surface area contributed by atoms with Crippen LogP contribution in [0.1, 0.15) is 63.4 Å². The van der Waals surface area contributed by atoms with E-state index in [1.54, 1.807) is 33.7 Å². The molecule has 1 unspecified atom stereocenters. The maximum absolute atomic E-state index is 13.1. The highest BCUT2D eigenvalue weighted by atomic mass is 32.2. The monoisotopic (exact) mass is 831 g/mol. The molecule has 2 atom stereocenters. The Balaban J connectivity index is 0.742. The molecule has 5 heterocycles. The summed E-state index contributed by atoms with van der Waals surface area (Å²) in [6, 6.07) is 25.6. The van der Waals surface area contributed by atoms with Gasteiger partial charge in [-0.15, -0.1) is 5.10 Å². The van der Waals surface area contributed by atoms with Crippen molar-refractivity contribution in [1.29, 1.82) is 0 Å². The normalized spacial score (nSPS) is 18.2. The zero-order valence-electron chi connectivity index (χ0n) is 33.8. The van der Waals surface area contributed by atoms with Crippen LogP contribution in [0.25, 0.3) is 16.9 Å². The van der Waals surface area contributed by atoms with E-state index in [-0.39, 0.29) is 35.0 Å². The maximum Gasteiger partial charge on any atom is 0.249 e. The van der Waals surface area contributed by atoms with Crippen LogP contribution in [0.15, 0.2) is 89.8 Å². The predicted octanol–water partition coefficient (Wildman–Crippen LogP) is 5.51. The number of carbonyl (C=O) groups is 4. The highest BCUT2D eigenvalue weighted by molar-refractivity contribution is 7.90. The second-order valence-electron chi connectivity index (χ2n) is 15.7. The van der Waals surface area contributed by atoms with Gasteiger partial charge in [-0.3, -0.25) is 29.4 Å². The van der Waals surface area contributed by atoms with Crippen molar-refractivity contribution in [2.24, 2.45) is 0 Å². The van der Waals surface area contributed by atoms with Crippen LogP contribution in [-0.2, 0) is 29.0 Å². The Morgan fingerprint density at radius 1 is 0.867 bits per heavy atom. The molecule has 0 spiro atoms. The molecular weight excluding hydrogens is 783 g/mol. The number of anilines is 5. The smallest absolute Gasteiger partial charge is 0.249 e. The van der Waals surface area contributed by atoms with Crippen molar-refractivity contribution in [3.8, 4) is 11.3 Å². The maximum atomic E-state index is 13.1. The predicted molar refractivity (Wildman–Crippen MR) is 230 cm³/mol. The van der Waals surface area contributed by atoms with Crippen LogP contribution in [-0.4, -0.2) is 96.6 Å². The first-order valence-corrected chi connectivity index (χ1v) is 22.4. The van der Waals surface area contributed by atoms with E-state index < -0.39 is 21.8 Å². The van der Waals surface area contributed by atoms with Crippen molar-refractivity contribution in [3.63, 3.8) is 0 Å². The van der Waals surface area contributed by atoms with Crippen LogP contribution in [0.4, 0.5) is 28.7 Å². The average Bonchev–Trinajstić information content (AvgIpc) is 3.77. The molecule has 60 heavy (non-hydrogen) atoms. The third-order valence-electron chi connectivity index (χ3n) is 11.6. The molecule has 3 aromatic carbocycles. The van der Waals surface area contributed by atoms with E-state index in [0.29, 0.717) is 37.5 Å². The number of benzene rings is 3. The summed E-state index contributed by atoms with van der Waals surface area (Å²) in [6.45, 7) is 5.52. The summed E-state index contributed by atoms with van der Waals surface area (Å²) >= 11 is 0. The molecule has 3 N–H and O–H groups in total. The van der Waals surface area contributed by atoms with Gasteiger partial charge in [-0.05, 0) is 98.5 Å². The molecule has 16 heteroatoms. The molecular formula is C44H49N9O6S. The number of aromatic nitrogens is 3. The Kier molecular flexibility index (Phi) is 11.6. The summed E-state index contributed by atoms with van der Waals surface area (Å²) in [7, 11) is -3.29. The van der Waals surface area contributed by atoms with E-state index >= 15 is 0 Å². The molecule has 2 aromatic heterocycles. The molecule has 15 nitrogen and oxygen atoms in total. The molecule has 3 aliphatic heterocycles. The van der Waals surface area contributed by atoms with Gasteiger partial charge in [-0.25, -0.2) is 12.9 Å². The summed E-state index contributed by atoms with van der Waals surface area (Å²) in [4.78, 5) is 61.0. The van der Waals surface area contributed by atoms with Gasteiger partial charge in [0.15, 0.2) is 15.5 Å². The van der Waals surface area contributed by atoms with Gasteiger partial charge in [0.25, 0.3) is 0 Å². The van der Waals surface area contributed by atoms with E-state index in [0.717, 1.165) is 84.9 Å². The lowest BCUT2D eigenvalue weighted by Crippen LogP contribution is -2.53. The standard InChI is InChI=1S/C44H49N9O6S/c1-29-35-28-32(15-20-37(35)52(43(29)57)38-21-22-40(54)48-42(38)56)45-23-6-4-3-5-10-41(55)51-26-24-50(25-27-51)33-16-13-31(14-17-33)46-44-47-39-9-7-8-36(53(39)49-44)30-11-18-34(19-12-30)60(2,58)59/h7-9,11-20,28-29,38,45H,3-6,10,21-27H2,1-2H3,(H,46,49)(H,48,54,56)/t29-,38?/m1/s1. The zero-order chi connectivity index (χ0) is 42.0. The molecule has 0 aliphatic carbocycles. The quantitative estimate of drug-likeness (QED) is 0.0950. The fourth-order valence-electron chi connectivity index (χ4n) is 8.23. The molecule has 2 saturated heterocycles. The Morgan fingerprint density at radius 2 is 1.60 bits per heavy atom. The third-order valence-corrected chi connectivity index (χ3v) is 12.7. The molecule has 0 bridgehead atoms. The van der Waals surface area contributed by atoms with Gasteiger partial charge in [0, 0.05) is 80.1 Å². The van der Waals surface area contributed by atoms with Gasteiger partial charge in [0.1, 0.15) is 6.04 Å². The van der Waals surface area contributed by atoms with Crippen molar-refractivity contribution >= 4 is 67.8 Å². The first kappa shape index (κ1) is 40.5. The first-order valence-electron chi connectivity index (χ1n) is 20.5. The minimum atomic E-state index is -3.29. The van der Waals surface area contributed by atoms with E-state index in [4.69, 9.17) is 0 Å². The minimum Gasteiger partial charge on any atom is -0.385 e. The molecule has 5 aromatic rings. The first-order chi connectivity index (χ1) is 28.9. The van der Waals surface area contributed by atoms with Crippen molar-refractivity contribution < 1.29 is 27.6 Å².